The SMILES string of the molecule is CCN(c1ccccc1)c1cc(Nc2cccc(C(=O)O)c2)ncn1. The zero-order chi connectivity index (χ0) is 17.6. The third kappa shape index (κ3) is 3.92. The predicted molar refractivity (Wildman–Crippen MR) is 97.8 cm³/mol. The summed E-state index contributed by atoms with van der Waals surface area (Å²) in [5.74, 6) is 0.399. The number of hydrogen-bond donors (Lipinski definition) is 2. The van der Waals surface area contributed by atoms with E-state index in [0.717, 1.165) is 18.1 Å². The molecule has 0 aliphatic carbocycles. The van der Waals surface area contributed by atoms with Gasteiger partial charge < -0.3 is 15.3 Å². The van der Waals surface area contributed by atoms with Crippen LogP contribution in [0.1, 0.15) is 17.3 Å². The van der Waals surface area contributed by atoms with E-state index in [1.165, 1.54) is 6.33 Å². The van der Waals surface area contributed by atoms with Gasteiger partial charge >= 0.3 is 5.97 Å². The number of aromatic nitrogens is 2. The van der Waals surface area contributed by atoms with Crippen LogP contribution in [0.4, 0.5) is 23.0 Å². The van der Waals surface area contributed by atoms with E-state index >= 15 is 0 Å². The fourth-order valence-corrected chi connectivity index (χ4v) is 2.53. The fraction of sp³-hybridized carbons (Fsp3) is 0.105. The minimum atomic E-state index is -0.965. The summed E-state index contributed by atoms with van der Waals surface area (Å²) >= 11 is 0. The summed E-state index contributed by atoms with van der Waals surface area (Å²) in [4.78, 5) is 21.7. The third-order valence-electron chi connectivity index (χ3n) is 3.70. The molecule has 0 radical (unpaired) electrons. The molecule has 126 valence electrons. The molecule has 0 amide bonds. The summed E-state index contributed by atoms with van der Waals surface area (Å²) < 4.78 is 0. The molecule has 0 atom stereocenters. The highest BCUT2D eigenvalue weighted by Crippen LogP contribution is 2.25. The molecule has 0 aliphatic heterocycles. The normalized spacial score (nSPS) is 10.3. The Balaban J connectivity index is 1.86. The largest absolute Gasteiger partial charge is 0.478 e. The minimum absolute atomic E-state index is 0.221. The Kier molecular flexibility index (Phi) is 4.89. The molecule has 6 nitrogen and oxygen atoms in total. The van der Waals surface area contributed by atoms with Gasteiger partial charge in [-0.25, -0.2) is 14.8 Å². The first-order chi connectivity index (χ1) is 12.2. The van der Waals surface area contributed by atoms with Crippen molar-refractivity contribution in [2.24, 2.45) is 0 Å². The van der Waals surface area contributed by atoms with Gasteiger partial charge in [-0.05, 0) is 37.3 Å². The highest BCUT2D eigenvalue weighted by atomic mass is 16.4. The van der Waals surface area contributed by atoms with E-state index in [4.69, 9.17) is 5.11 Å². The summed E-state index contributed by atoms with van der Waals surface area (Å²) in [5, 5.41) is 12.2. The minimum Gasteiger partial charge on any atom is -0.478 e. The first-order valence-electron chi connectivity index (χ1n) is 7.92. The highest BCUT2D eigenvalue weighted by molar-refractivity contribution is 5.89. The maximum Gasteiger partial charge on any atom is 0.335 e. The predicted octanol–water partition coefficient (Wildman–Crippen LogP) is 4.08. The van der Waals surface area contributed by atoms with Crippen molar-refractivity contribution < 1.29 is 9.90 Å². The number of benzene rings is 2. The highest BCUT2D eigenvalue weighted by Gasteiger charge is 2.10. The second kappa shape index (κ2) is 7.44. The number of hydrogen-bond acceptors (Lipinski definition) is 5. The van der Waals surface area contributed by atoms with Crippen LogP contribution in [0, 0.1) is 0 Å². The lowest BCUT2D eigenvalue weighted by Crippen LogP contribution is -2.17. The van der Waals surface area contributed by atoms with Crippen LogP contribution < -0.4 is 10.2 Å². The smallest absolute Gasteiger partial charge is 0.335 e. The number of aromatic carboxylic acids is 1. The molecule has 0 spiro atoms. The van der Waals surface area contributed by atoms with Crippen LogP contribution in [-0.2, 0) is 0 Å². The van der Waals surface area contributed by atoms with Crippen LogP contribution in [0.25, 0.3) is 0 Å². The molecule has 1 heterocycles. The zero-order valence-corrected chi connectivity index (χ0v) is 13.8. The van der Waals surface area contributed by atoms with Gasteiger partial charge in [0.2, 0.25) is 0 Å². The van der Waals surface area contributed by atoms with Gasteiger partial charge in [0.1, 0.15) is 18.0 Å². The van der Waals surface area contributed by atoms with Crippen molar-refractivity contribution in [1.29, 1.82) is 0 Å². The van der Waals surface area contributed by atoms with Crippen LogP contribution >= 0.6 is 0 Å². The van der Waals surface area contributed by atoms with Crippen LogP contribution in [-0.4, -0.2) is 27.6 Å². The van der Waals surface area contributed by atoms with Gasteiger partial charge in [-0.3, -0.25) is 0 Å². The van der Waals surface area contributed by atoms with Crippen LogP contribution in [0.5, 0.6) is 0 Å². The number of rotatable bonds is 6. The van der Waals surface area contributed by atoms with Crippen LogP contribution in [0.2, 0.25) is 0 Å². The van der Waals surface area contributed by atoms with Crippen molar-refractivity contribution in [1.82, 2.24) is 9.97 Å². The Morgan fingerprint density at radius 1 is 1.08 bits per heavy atom. The van der Waals surface area contributed by atoms with Gasteiger partial charge in [0.25, 0.3) is 0 Å². The molecule has 2 N–H and O–H groups in total. The van der Waals surface area contributed by atoms with Gasteiger partial charge in [0.15, 0.2) is 0 Å². The molecule has 0 saturated heterocycles. The zero-order valence-electron chi connectivity index (χ0n) is 13.8. The lowest BCUT2D eigenvalue weighted by Gasteiger charge is -2.22. The number of carboxylic acids is 1. The molecule has 0 unspecified atom stereocenters. The van der Waals surface area contributed by atoms with Gasteiger partial charge in [-0.1, -0.05) is 24.3 Å². The second-order valence-electron chi connectivity index (χ2n) is 5.35. The van der Waals surface area contributed by atoms with Gasteiger partial charge in [-0.2, -0.15) is 0 Å². The van der Waals surface area contributed by atoms with Crippen molar-refractivity contribution in [3.05, 3.63) is 72.6 Å². The van der Waals surface area contributed by atoms with Gasteiger partial charge in [0.05, 0.1) is 5.56 Å². The Bertz CT molecular complexity index is 868. The van der Waals surface area contributed by atoms with Gasteiger partial charge in [-0.15, -0.1) is 0 Å². The number of anilines is 4. The number of carbonyl (C=O) groups is 1. The van der Waals surface area contributed by atoms with Crippen molar-refractivity contribution in [2.75, 3.05) is 16.8 Å². The molecule has 0 aliphatic rings. The first kappa shape index (κ1) is 16.4. The van der Waals surface area contributed by atoms with Crippen molar-refractivity contribution in [2.45, 2.75) is 6.92 Å². The Morgan fingerprint density at radius 3 is 2.60 bits per heavy atom. The molecular formula is C19H18N4O2. The molecule has 3 aromatic rings. The summed E-state index contributed by atoms with van der Waals surface area (Å²) in [6.45, 7) is 2.81. The van der Waals surface area contributed by atoms with Crippen LogP contribution in [0.15, 0.2) is 67.0 Å². The molecule has 0 fully saturated rings. The molecule has 0 saturated carbocycles. The topological polar surface area (TPSA) is 78.4 Å². The quantitative estimate of drug-likeness (QED) is 0.707. The molecule has 6 heteroatoms. The second-order valence-corrected chi connectivity index (χ2v) is 5.35. The van der Waals surface area contributed by atoms with E-state index in [1.807, 2.05) is 36.4 Å². The molecule has 3 rings (SSSR count). The van der Waals surface area contributed by atoms with E-state index < -0.39 is 5.97 Å². The first-order valence-corrected chi connectivity index (χ1v) is 7.92. The monoisotopic (exact) mass is 334 g/mol. The average molecular weight is 334 g/mol. The van der Waals surface area contributed by atoms with E-state index in [0.29, 0.717) is 11.5 Å². The van der Waals surface area contributed by atoms with E-state index in [2.05, 4.69) is 27.1 Å². The standard InChI is InChI=1S/C19H18N4O2/c1-2-23(16-9-4-3-5-10-16)18-12-17(20-13-21-18)22-15-8-6-7-14(11-15)19(24)25/h3-13H,2H2,1H3,(H,24,25)(H,20,21,22). The number of para-hydroxylation sites is 1. The molecule has 0 bridgehead atoms. The molecule has 2 aromatic carbocycles. The molecule has 25 heavy (non-hydrogen) atoms. The summed E-state index contributed by atoms with van der Waals surface area (Å²) in [7, 11) is 0. The lowest BCUT2D eigenvalue weighted by atomic mass is 10.2. The Hall–Kier alpha value is -3.41. The summed E-state index contributed by atoms with van der Waals surface area (Å²) in [5.41, 5.74) is 1.92. The van der Waals surface area contributed by atoms with Crippen LogP contribution in [0.3, 0.4) is 0 Å². The van der Waals surface area contributed by atoms with Crippen molar-refractivity contribution in [3.8, 4) is 0 Å². The van der Waals surface area contributed by atoms with Crippen molar-refractivity contribution >= 4 is 29.0 Å². The maximum absolute atomic E-state index is 11.1. The maximum atomic E-state index is 11.1. The summed E-state index contributed by atoms with van der Waals surface area (Å²) in [6.07, 6.45) is 1.49. The van der Waals surface area contributed by atoms with Crippen molar-refractivity contribution in [3.63, 3.8) is 0 Å². The Labute approximate surface area is 145 Å². The average Bonchev–Trinajstić information content (AvgIpc) is 2.64. The van der Waals surface area contributed by atoms with Gasteiger partial charge in [0, 0.05) is 24.0 Å². The summed E-state index contributed by atoms with van der Waals surface area (Å²) in [6, 6.07) is 18.4. The number of nitrogens with one attached hydrogen (secondary N) is 1. The fourth-order valence-electron chi connectivity index (χ4n) is 2.53. The Morgan fingerprint density at radius 2 is 1.88 bits per heavy atom. The van der Waals surface area contributed by atoms with E-state index in [1.54, 1.807) is 24.3 Å². The number of carboxylic acid groups (broad SMARTS) is 1. The lowest BCUT2D eigenvalue weighted by molar-refractivity contribution is 0.0697. The molecule has 1 aromatic heterocycles. The van der Waals surface area contributed by atoms with E-state index in [9.17, 15) is 4.79 Å². The number of nitrogens with zero attached hydrogens (tertiary/aromatic N) is 3. The van der Waals surface area contributed by atoms with E-state index in [-0.39, 0.29) is 5.56 Å². The third-order valence-corrected chi connectivity index (χ3v) is 3.70. The molecular weight excluding hydrogens is 316 g/mol.